The maximum Gasteiger partial charge on any atom is 0.192 e. The lowest BCUT2D eigenvalue weighted by molar-refractivity contribution is -0.123. The molecular formula is C15H17FO3. The quantitative estimate of drug-likeness (QED) is 0.671. The molecule has 3 nitrogen and oxygen atoms in total. The average molecular weight is 264 g/mol. The van der Waals surface area contributed by atoms with Gasteiger partial charge >= 0.3 is 0 Å². The predicted octanol–water partition coefficient (Wildman–Crippen LogP) is 2.52. The van der Waals surface area contributed by atoms with Gasteiger partial charge in [-0.2, -0.15) is 0 Å². The Balaban J connectivity index is 2.21. The normalized spacial score (nSPS) is 19.7. The molecule has 1 saturated carbocycles. The molecule has 0 bridgehead atoms. The number of hydrogen-bond donors (Lipinski definition) is 1. The summed E-state index contributed by atoms with van der Waals surface area (Å²) in [5, 5.41) is 10.2. The summed E-state index contributed by atoms with van der Waals surface area (Å²) in [7, 11) is 0. The Hall–Kier alpha value is -1.55. The smallest absolute Gasteiger partial charge is 0.192 e. The average Bonchev–Trinajstić information content (AvgIpc) is 2.47. The van der Waals surface area contributed by atoms with Crippen LogP contribution in [0.5, 0.6) is 0 Å². The molecule has 1 aromatic carbocycles. The van der Waals surface area contributed by atoms with E-state index in [1.54, 1.807) is 0 Å². The van der Waals surface area contributed by atoms with Crippen molar-refractivity contribution in [1.29, 1.82) is 0 Å². The van der Waals surface area contributed by atoms with Crippen molar-refractivity contribution in [2.24, 2.45) is 5.41 Å². The van der Waals surface area contributed by atoms with Crippen molar-refractivity contribution in [3.63, 3.8) is 0 Å². The first kappa shape index (κ1) is 13.9. The first-order valence-corrected chi connectivity index (χ1v) is 6.53. The molecule has 102 valence electrons. The third kappa shape index (κ3) is 2.73. The molecule has 0 saturated heterocycles. The zero-order valence-electron chi connectivity index (χ0n) is 10.6. The van der Waals surface area contributed by atoms with E-state index in [2.05, 4.69) is 0 Å². The van der Waals surface area contributed by atoms with Crippen molar-refractivity contribution in [2.45, 2.75) is 38.2 Å². The van der Waals surface area contributed by atoms with Crippen LogP contribution in [0.1, 0.15) is 42.5 Å². The van der Waals surface area contributed by atoms with Crippen LogP contribution in [-0.4, -0.2) is 23.3 Å². The van der Waals surface area contributed by atoms with Crippen LogP contribution >= 0.6 is 0 Å². The van der Waals surface area contributed by atoms with Gasteiger partial charge in [-0.1, -0.05) is 19.3 Å². The fourth-order valence-electron chi connectivity index (χ4n) is 2.70. The van der Waals surface area contributed by atoms with Crippen molar-refractivity contribution in [3.05, 3.63) is 35.6 Å². The number of carbonyl (C=O) groups excluding carboxylic acids is 2. The predicted molar refractivity (Wildman–Crippen MR) is 68.3 cm³/mol. The molecule has 1 aliphatic carbocycles. The molecule has 0 aromatic heterocycles. The molecule has 0 heterocycles. The van der Waals surface area contributed by atoms with E-state index in [1.807, 2.05) is 0 Å². The lowest BCUT2D eigenvalue weighted by Gasteiger charge is -2.35. The van der Waals surface area contributed by atoms with E-state index in [1.165, 1.54) is 24.3 Å². The van der Waals surface area contributed by atoms with E-state index in [0.717, 1.165) is 25.5 Å². The van der Waals surface area contributed by atoms with Crippen molar-refractivity contribution < 1.29 is 19.1 Å². The van der Waals surface area contributed by atoms with Crippen molar-refractivity contribution in [1.82, 2.24) is 0 Å². The van der Waals surface area contributed by atoms with Gasteiger partial charge in [0.05, 0.1) is 5.41 Å². The second-order valence-electron chi connectivity index (χ2n) is 5.19. The number of benzene rings is 1. The molecule has 1 aliphatic rings. The zero-order valence-corrected chi connectivity index (χ0v) is 10.6. The van der Waals surface area contributed by atoms with Gasteiger partial charge in [0.25, 0.3) is 0 Å². The number of Topliss-reactive ketones (excluding diaryl/α,β-unsaturated/α-hetero) is 1. The molecule has 1 unspecified atom stereocenters. The number of halogens is 1. The lowest BCUT2D eigenvalue weighted by Crippen LogP contribution is -2.43. The fourth-order valence-corrected chi connectivity index (χ4v) is 2.70. The van der Waals surface area contributed by atoms with Crippen LogP contribution in [0.4, 0.5) is 4.39 Å². The highest BCUT2D eigenvalue weighted by Crippen LogP contribution is 2.38. The Morgan fingerprint density at radius 1 is 1.21 bits per heavy atom. The molecule has 0 aliphatic heterocycles. The molecule has 4 heteroatoms. The summed E-state index contributed by atoms with van der Waals surface area (Å²) in [6, 6.07) is 5.02. The highest BCUT2D eigenvalue weighted by Gasteiger charge is 2.42. The SMILES string of the molecule is O=CC1(C(O)C(=O)c2ccc(F)cc2)CCCCC1. The highest BCUT2D eigenvalue weighted by atomic mass is 19.1. The summed E-state index contributed by atoms with van der Waals surface area (Å²) in [6.07, 6.45) is 3.15. The first-order valence-electron chi connectivity index (χ1n) is 6.53. The Morgan fingerprint density at radius 3 is 2.32 bits per heavy atom. The van der Waals surface area contributed by atoms with E-state index in [4.69, 9.17) is 0 Å². The Kier molecular flexibility index (Phi) is 4.10. The van der Waals surface area contributed by atoms with Gasteiger partial charge in [-0.05, 0) is 37.1 Å². The summed E-state index contributed by atoms with van der Waals surface area (Å²) in [5.74, 6) is -0.942. The van der Waals surface area contributed by atoms with Crippen LogP contribution in [0, 0.1) is 11.2 Å². The third-order valence-electron chi connectivity index (χ3n) is 3.94. The topological polar surface area (TPSA) is 54.4 Å². The Bertz CT molecular complexity index is 461. The monoisotopic (exact) mass is 264 g/mol. The summed E-state index contributed by atoms with van der Waals surface area (Å²) in [5.41, 5.74) is -0.732. The van der Waals surface area contributed by atoms with Crippen molar-refractivity contribution >= 4 is 12.1 Å². The van der Waals surface area contributed by atoms with Crippen LogP contribution in [0.25, 0.3) is 0 Å². The molecule has 0 amide bonds. The van der Waals surface area contributed by atoms with E-state index in [-0.39, 0.29) is 5.56 Å². The minimum Gasteiger partial charge on any atom is -0.384 e. The molecule has 1 N–H and O–H groups in total. The summed E-state index contributed by atoms with van der Waals surface area (Å²) in [6.45, 7) is 0. The zero-order chi connectivity index (χ0) is 13.9. The number of hydrogen-bond acceptors (Lipinski definition) is 3. The van der Waals surface area contributed by atoms with Gasteiger partial charge in [0.15, 0.2) is 5.78 Å². The first-order chi connectivity index (χ1) is 9.09. The molecule has 0 spiro atoms. The van der Waals surface area contributed by atoms with Crippen LogP contribution < -0.4 is 0 Å². The van der Waals surface area contributed by atoms with Crippen molar-refractivity contribution in [3.8, 4) is 0 Å². The van der Waals surface area contributed by atoms with Crippen LogP contribution in [0.2, 0.25) is 0 Å². The van der Waals surface area contributed by atoms with Gasteiger partial charge in [0.2, 0.25) is 0 Å². The maximum atomic E-state index is 12.8. The van der Waals surface area contributed by atoms with Crippen LogP contribution in [0.3, 0.4) is 0 Å². The van der Waals surface area contributed by atoms with E-state index < -0.39 is 23.1 Å². The number of aldehydes is 1. The molecule has 1 atom stereocenters. The third-order valence-corrected chi connectivity index (χ3v) is 3.94. The fraction of sp³-hybridized carbons (Fsp3) is 0.467. The van der Waals surface area contributed by atoms with Gasteiger partial charge < -0.3 is 9.90 Å². The summed E-state index contributed by atoms with van der Waals surface area (Å²) >= 11 is 0. The van der Waals surface area contributed by atoms with Gasteiger partial charge in [0, 0.05) is 5.56 Å². The second kappa shape index (κ2) is 5.61. The minimum absolute atomic E-state index is 0.237. The number of rotatable bonds is 4. The van der Waals surface area contributed by atoms with Crippen molar-refractivity contribution in [2.75, 3.05) is 0 Å². The standard InChI is InChI=1S/C15H17FO3/c16-12-6-4-11(5-7-12)13(18)14(19)15(10-17)8-2-1-3-9-15/h4-7,10,14,19H,1-3,8-9H2. The number of ketones is 1. The van der Waals surface area contributed by atoms with Gasteiger partial charge in [-0.25, -0.2) is 4.39 Å². The highest BCUT2D eigenvalue weighted by molar-refractivity contribution is 6.01. The summed E-state index contributed by atoms with van der Waals surface area (Å²) < 4.78 is 12.8. The van der Waals surface area contributed by atoms with Gasteiger partial charge in [-0.3, -0.25) is 4.79 Å². The molecule has 2 rings (SSSR count). The van der Waals surface area contributed by atoms with Gasteiger partial charge in [-0.15, -0.1) is 0 Å². The Morgan fingerprint density at radius 2 is 1.79 bits per heavy atom. The number of carbonyl (C=O) groups is 2. The molecule has 1 aromatic rings. The number of aliphatic hydroxyl groups is 1. The van der Waals surface area contributed by atoms with Crippen LogP contribution in [0.15, 0.2) is 24.3 Å². The molecular weight excluding hydrogens is 247 g/mol. The minimum atomic E-state index is -1.34. The largest absolute Gasteiger partial charge is 0.384 e. The molecule has 1 fully saturated rings. The van der Waals surface area contributed by atoms with E-state index in [0.29, 0.717) is 12.8 Å². The maximum absolute atomic E-state index is 12.8. The summed E-state index contributed by atoms with van der Waals surface area (Å²) in [4.78, 5) is 23.5. The molecule has 0 radical (unpaired) electrons. The lowest BCUT2D eigenvalue weighted by atomic mass is 9.69. The Labute approximate surface area is 111 Å². The molecule has 19 heavy (non-hydrogen) atoms. The van der Waals surface area contributed by atoms with E-state index in [9.17, 15) is 19.1 Å². The second-order valence-corrected chi connectivity index (χ2v) is 5.19. The number of aliphatic hydroxyl groups excluding tert-OH is 1. The van der Waals surface area contributed by atoms with Crippen LogP contribution in [-0.2, 0) is 4.79 Å². The van der Waals surface area contributed by atoms with Gasteiger partial charge in [0.1, 0.15) is 18.2 Å². The van der Waals surface area contributed by atoms with E-state index >= 15 is 0 Å².